The van der Waals surface area contributed by atoms with Gasteiger partial charge in [-0.3, -0.25) is 4.79 Å². The molecule has 3 nitrogen and oxygen atoms in total. The minimum absolute atomic E-state index is 0.00221. The fourth-order valence-corrected chi connectivity index (χ4v) is 3.21. The number of nitrogens with one attached hydrogen (secondary N) is 1. The largest absolute Gasteiger partial charge is 0.484 e. The van der Waals surface area contributed by atoms with Crippen molar-refractivity contribution in [2.24, 2.45) is 0 Å². The van der Waals surface area contributed by atoms with Crippen molar-refractivity contribution in [1.29, 1.82) is 0 Å². The van der Waals surface area contributed by atoms with E-state index in [0.717, 1.165) is 16.0 Å². The third-order valence-corrected chi connectivity index (χ3v) is 4.59. The van der Waals surface area contributed by atoms with Crippen molar-refractivity contribution in [3.8, 4) is 5.75 Å². The van der Waals surface area contributed by atoms with E-state index in [1.165, 1.54) is 0 Å². The lowest BCUT2D eigenvalue weighted by Crippen LogP contribution is -2.32. The topological polar surface area (TPSA) is 38.3 Å². The molecule has 0 spiro atoms. The third kappa shape index (κ3) is 4.24. The van der Waals surface area contributed by atoms with E-state index in [4.69, 9.17) is 4.74 Å². The molecule has 3 aromatic rings. The molecule has 0 radical (unpaired) electrons. The van der Waals surface area contributed by atoms with Crippen molar-refractivity contribution in [3.63, 3.8) is 0 Å². The summed E-state index contributed by atoms with van der Waals surface area (Å²) < 4.78 is 5.57. The second kappa shape index (κ2) is 7.79. The highest BCUT2D eigenvalue weighted by molar-refractivity contribution is 7.10. The maximum atomic E-state index is 12.3. The molecule has 4 heteroatoms. The van der Waals surface area contributed by atoms with Gasteiger partial charge in [-0.2, -0.15) is 0 Å². The smallest absolute Gasteiger partial charge is 0.258 e. The van der Waals surface area contributed by atoms with E-state index in [-0.39, 0.29) is 18.6 Å². The van der Waals surface area contributed by atoms with Gasteiger partial charge in [-0.05, 0) is 36.1 Å². The zero-order valence-electron chi connectivity index (χ0n) is 13.4. The van der Waals surface area contributed by atoms with Crippen molar-refractivity contribution in [2.75, 3.05) is 6.61 Å². The molecule has 1 aromatic heterocycles. The Morgan fingerprint density at radius 2 is 1.79 bits per heavy atom. The lowest BCUT2D eigenvalue weighted by molar-refractivity contribution is -0.123. The fourth-order valence-electron chi connectivity index (χ4n) is 2.41. The maximum Gasteiger partial charge on any atom is 0.258 e. The van der Waals surface area contributed by atoms with Crippen LogP contribution in [0.4, 0.5) is 0 Å². The van der Waals surface area contributed by atoms with Gasteiger partial charge in [0, 0.05) is 4.88 Å². The van der Waals surface area contributed by atoms with Crippen LogP contribution in [0.2, 0.25) is 0 Å². The van der Waals surface area contributed by atoms with Crippen molar-refractivity contribution in [2.45, 2.75) is 13.0 Å². The van der Waals surface area contributed by atoms with Gasteiger partial charge < -0.3 is 10.1 Å². The van der Waals surface area contributed by atoms with Crippen molar-refractivity contribution in [1.82, 2.24) is 5.32 Å². The normalized spacial score (nSPS) is 11.7. The number of hydrogen-bond acceptors (Lipinski definition) is 3. The molecule has 0 unspecified atom stereocenters. The fraction of sp³-hybridized carbons (Fsp3) is 0.150. The Morgan fingerprint density at radius 3 is 2.46 bits per heavy atom. The monoisotopic (exact) mass is 337 g/mol. The predicted octanol–water partition coefficient (Wildman–Crippen LogP) is 4.34. The average molecular weight is 337 g/mol. The summed E-state index contributed by atoms with van der Waals surface area (Å²) in [5.74, 6) is 0.556. The van der Waals surface area contributed by atoms with Gasteiger partial charge in [0.1, 0.15) is 5.75 Å². The molecular formula is C20H19NO2S. The summed E-state index contributed by atoms with van der Waals surface area (Å²) in [6.45, 7) is 2.01. The Morgan fingerprint density at radius 1 is 1.04 bits per heavy atom. The number of amides is 1. The summed E-state index contributed by atoms with van der Waals surface area (Å²) in [7, 11) is 0. The lowest BCUT2D eigenvalue weighted by atomic mass is 10.1. The van der Waals surface area contributed by atoms with Crippen LogP contribution in [0.25, 0.3) is 0 Å². The quantitative estimate of drug-likeness (QED) is 0.726. The highest BCUT2D eigenvalue weighted by Crippen LogP contribution is 2.25. The van der Waals surface area contributed by atoms with E-state index in [0.29, 0.717) is 5.75 Å². The molecule has 0 aliphatic heterocycles. The molecule has 0 aliphatic rings. The van der Waals surface area contributed by atoms with E-state index >= 15 is 0 Å². The summed E-state index contributed by atoms with van der Waals surface area (Å²) in [4.78, 5) is 13.4. The average Bonchev–Trinajstić information content (AvgIpc) is 3.14. The number of ether oxygens (including phenoxy) is 1. The molecule has 0 fully saturated rings. The van der Waals surface area contributed by atoms with Gasteiger partial charge in [-0.1, -0.05) is 54.1 Å². The molecule has 1 N–H and O–H groups in total. The summed E-state index contributed by atoms with van der Waals surface area (Å²) in [6, 6.07) is 21.5. The molecule has 122 valence electrons. The van der Waals surface area contributed by atoms with Crippen LogP contribution in [-0.2, 0) is 4.79 Å². The first-order chi connectivity index (χ1) is 11.7. The van der Waals surface area contributed by atoms with E-state index < -0.39 is 0 Å². The Labute approximate surface area is 145 Å². The molecular weight excluding hydrogens is 318 g/mol. The van der Waals surface area contributed by atoms with Crippen LogP contribution in [0.5, 0.6) is 5.75 Å². The van der Waals surface area contributed by atoms with Crippen LogP contribution >= 0.6 is 11.3 Å². The van der Waals surface area contributed by atoms with Gasteiger partial charge >= 0.3 is 0 Å². The molecule has 2 aromatic carbocycles. The third-order valence-electron chi connectivity index (χ3n) is 3.66. The highest BCUT2D eigenvalue weighted by atomic mass is 32.1. The molecule has 1 atom stereocenters. The Hall–Kier alpha value is -2.59. The number of benzene rings is 2. The molecule has 0 saturated heterocycles. The summed E-state index contributed by atoms with van der Waals surface area (Å²) in [5, 5.41) is 5.08. The van der Waals surface area contributed by atoms with E-state index in [2.05, 4.69) is 5.32 Å². The number of thiophene rings is 1. The number of carbonyl (C=O) groups is 1. The number of carbonyl (C=O) groups excluding carboxylic acids is 1. The second-order valence-corrected chi connectivity index (χ2v) is 6.51. The Balaban J connectivity index is 1.66. The first-order valence-corrected chi connectivity index (χ1v) is 8.67. The standard InChI is InChI=1S/C20H19NO2S/c1-15-9-11-17(12-10-15)23-14-19(22)21-20(18-8-5-13-24-18)16-6-3-2-4-7-16/h2-13,20H,14H2,1H3,(H,21,22)/t20-/m1/s1. The van der Waals surface area contributed by atoms with E-state index in [9.17, 15) is 4.79 Å². The molecule has 1 amide bonds. The minimum Gasteiger partial charge on any atom is -0.484 e. The van der Waals surface area contributed by atoms with Crippen molar-refractivity contribution in [3.05, 3.63) is 88.1 Å². The molecule has 0 aliphatic carbocycles. The highest BCUT2D eigenvalue weighted by Gasteiger charge is 2.17. The summed E-state index contributed by atoms with van der Waals surface area (Å²) in [6.07, 6.45) is 0. The zero-order valence-corrected chi connectivity index (χ0v) is 14.3. The van der Waals surface area contributed by atoms with Crippen LogP contribution in [0.3, 0.4) is 0 Å². The second-order valence-electron chi connectivity index (χ2n) is 5.53. The van der Waals surface area contributed by atoms with E-state index in [1.54, 1.807) is 11.3 Å². The maximum absolute atomic E-state index is 12.3. The van der Waals surface area contributed by atoms with Gasteiger partial charge in [0.25, 0.3) is 5.91 Å². The van der Waals surface area contributed by atoms with Gasteiger partial charge in [-0.15, -0.1) is 11.3 Å². The van der Waals surface area contributed by atoms with Crippen LogP contribution < -0.4 is 10.1 Å². The first-order valence-electron chi connectivity index (χ1n) is 7.79. The van der Waals surface area contributed by atoms with Crippen molar-refractivity contribution >= 4 is 17.2 Å². The first kappa shape index (κ1) is 16.3. The molecule has 3 rings (SSSR count). The zero-order chi connectivity index (χ0) is 16.8. The summed E-state index contributed by atoms with van der Waals surface area (Å²) in [5.41, 5.74) is 2.22. The van der Waals surface area contributed by atoms with Gasteiger partial charge in [-0.25, -0.2) is 0 Å². The van der Waals surface area contributed by atoms with Gasteiger partial charge in [0.2, 0.25) is 0 Å². The predicted molar refractivity (Wildman–Crippen MR) is 97.4 cm³/mol. The van der Waals surface area contributed by atoms with Crippen molar-refractivity contribution < 1.29 is 9.53 Å². The minimum atomic E-state index is -0.152. The van der Waals surface area contributed by atoms with Gasteiger partial charge in [0.05, 0.1) is 6.04 Å². The van der Waals surface area contributed by atoms with Crippen LogP contribution in [-0.4, -0.2) is 12.5 Å². The van der Waals surface area contributed by atoms with E-state index in [1.807, 2.05) is 79.0 Å². The molecule has 24 heavy (non-hydrogen) atoms. The Kier molecular flexibility index (Phi) is 5.29. The lowest BCUT2D eigenvalue weighted by Gasteiger charge is -2.18. The number of rotatable bonds is 6. The molecule has 0 saturated carbocycles. The van der Waals surface area contributed by atoms with Crippen LogP contribution in [0.15, 0.2) is 72.1 Å². The molecule has 1 heterocycles. The number of aryl methyl sites for hydroxylation is 1. The number of hydrogen-bond donors (Lipinski definition) is 1. The Bertz CT molecular complexity index is 767. The van der Waals surface area contributed by atoms with Crippen LogP contribution in [0.1, 0.15) is 22.0 Å². The summed E-state index contributed by atoms with van der Waals surface area (Å²) >= 11 is 1.63. The van der Waals surface area contributed by atoms with Gasteiger partial charge in [0.15, 0.2) is 6.61 Å². The molecule has 0 bridgehead atoms. The SMILES string of the molecule is Cc1ccc(OCC(=O)N[C@H](c2ccccc2)c2cccs2)cc1. The van der Waals surface area contributed by atoms with Crippen LogP contribution in [0, 0.1) is 6.92 Å².